The number of likely N-dealkylation sites (tertiary alicyclic amines) is 2. The summed E-state index contributed by atoms with van der Waals surface area (Å²) in [7, 11) is 1.25. The molecule has 0 unspecified atom stereocenters. The minimum atomic E-state index is -0.746. The fourth-order valence-electron chi connectivity index (χ4n) is 2.41. The summed E-state index contributed by atoms with van der Waals surface area (Å²) >= 11 is 0. The molecule has 2 heterocycles. The van der Waals surface area contributed by atoms with E-state index >= 15 is 0 Å². The summed E-state index contributed by atoms with van der Waals surface area (Å²) in [4.78, 5) is 26.6. The van der Waals surface area contributed by atoms with Crippen LogP contribution in [0, 0.1) is 11.8 Å². The Kier molecular flexibility index (Phi) is 5.24. The average Bonchev–Trinajstić information content (AvgIpc) is 3.05. The molecule has 6 heteroatoms. The van der Waals surface area contributed by atoms with Crippen molar-refractivity contribution in [3.8, 4) is 11.8 Å². The van der Waals surface area contributed by atoms with Gasteiger partial charge < -0.3 is 14.4 Å². The van der Waals surface area contributed by atoms with Gasteiger partial charge in [0.05, 0.1) is 33.2 Å². The molecule has 0 aromatic carbocycles. The molecular formula is C14H20N2O4. The minimum absolute atomic E-state index is 0.0330. The molecule has 2 fully saturated rings. The third kappa shape index (κ3) is 4.14. The fraction of sp³-hybridized carbons (Fsp3) is 0.714. The molecule has 6 nitrogen and oxygen atoms in total. The van der Waals surface area contributed by atoms with Gasteiger partial charge in [0, 0.05) is 0 Å². The Balaban J connectivity index is 1.71. The molecule has 2 rings (SSSR count). The lowest BCUT2D eigenvalue weighted by Crippen LogP contribution is -2.27. The predicted molar refractivity (Wildman–Crippen MR) is 71.9 cm³/mol. The van der Waals surface area contributed by atoms with Crippen LogP contribution in [0.3, 0.4) is 0 Å². The number of rotatable bonds is 3. The van der Waals surface area contributed by atoms with E-state index in [0.29, 0.717) is 13.1 Å². The maximum atomic E-state index is 11.7. The van der Waals surface area contributed by atoms with Crippen molar-refractivity contribution < 1.29 is 19.1 Å². The lowest BCUT2D eigenvalue weighted by atomic mass is 10.3. The molecule has 0 aliphatic carbocycles. The van der Waals surface area contributed by atoms with Crippen molar-refractivity contribution in [3.63, 3.8) is 0 Å². The van der Waals surface area contributed by atoms with Crippen LogP contribution in [-0.4, -0.2) is 67.8 Å². The summed E-state index contributed by atoms with van der Waals surface area (Å²) in [5.74, 6) is 6.07. The molecule has 0 spiro atoms. The van der Waals surface area contributed by atoms with E-state index in [-0.39, 0.29) is 12.3 Å². The van der Waals surface area contributed by atoms with Crippen molar-refractivity contribution in [2.45, 2.75) is 25.4 Å². The van der Waals surface area contributed by atoms with Crippen LogP contribution in [0.4, 0.5) is 4.79 Å². The summed E-state index contributed by atoms with van der Waals surface area (Å²) < 4.78 is 9.38. The van der Waals surface area contributed by atoms with Crippen LogP contribution in [0.1, 0.15) is 19.3 Å². The smallest absolute Gasteiger partial charge is 0.438 e. The number of carbonyl (C=O) groups excluding carboxylic acids is 2. The summed E-state index contributed by atoms with van der Waals surface area (Å²) in [5, 5.41) is 0. The van der Waals surface area contributed by atoms with Crippen molar-refractivity contribution >= 4 is 12.1 Å². The lowest BCUT2D eigenvalue weighted by Gasteiger charge is -2.13. The van der Waals surface area contributed by atoms with Crippen LogP contribution in [0.5, 0.6) is 0 Å². The monoisotopic (exact) mass is 280 g/mol. The van der Waals surface area contributed by atoms with Crippen LogP contribution >= 0.6 is 0 Å². The highest BCUT2D eigenvalue weighted by Gasteiger charge is 2.31. The number of hydrogen-bond donors (Lipinski definition) is 0. The highest BCUT2D eigenvalue weighted by atomic mass is 16.7. The van der Waals surface area contributed by atoms with E-state index < -0.39 is 12.3 Å². The molecule has 0 aromatic rings. The highest BCUT2D eigenvalue weighted by Crippen LogP contribution is 2.14. The summed E-state index contributed by atoms with van der Waals surface area (Å²) in [6, 6.07) is 0. The van der Waals surface area contributed by atoms with Gasteiger partial charge >= 0.3 is 6.16 Å². The van der Waals surface area contributed by atoms with Gasteiger partial charge in [0.25, 0.3) is 0 Å². The lowest BCUT2D eigenvalue weighted by molar-refractivity contribution is -0.127. The second-order valence-electron chi connectivity index (χ2n) is 5.01. The second kappa shape index (κ2) is 7.15. The molecule has 1 amide bonds. The summed E-state index contributed by atoms with van der Waals surface area (Å²) in [6.45, 7) is 3.79. The molecule has 0 N–H and O–H groups in total. The van der Waals surface area contributed by atoms with Crippen molar-refractivity contribution in [1.29, 1.82) is 0 Å². The van der Waals surface area contributed by atoms with Gasteiger partial charge in [-0.3, -0.25) is 9.69 Å². The maximum absolute atomic E-state index is 11.7. The topological polar surface area (TPSA) is 59.1 Å². The summed E-state index contributed by atoms with van der Waals surface area (Å²) in [5.41, 5.74) is 0. The number of hydrogen-bond acceptors (Lipinski definition) is 5. The van der Waals surface area contributed by atoms with Crippen LogP contribution in [0.25, 0.3) is 0 Å². The molecule has 1 atom stereocenters. The van der Waals surface area contributed by atoms with Gasteiger partial charge in [-0.2, -0.15) is 0 Å². The van der Waals surface area contributed by atoms with Crippen molar-refractivity contribution in [1.82, 2.24) is 9.80 Å². The van der Waals surface area contributed by atoms with E-state index in [4.69, 9.17) is 4.74 Å². The molecule has 0 radical (unpaired) electrons. The van der Waals surface area contributed by atoms with Gasteiger partial charge in [-0.05, 0) is 25.9 Å². The molecule has 2 aliphatic heterocycles. The molecule has 0 bridgehead atoms. The normalized spacial score (nSPS) is 22.6. The van der Waals surface area contributed by atoms with E-state index in [9.17, 15) is 9.59 Å². The number of carbonyl (C=O) groups is 2. The van der Waals surface area contributed by atoms with Gasteiger partial charge in [0.15, 0.2) is 0 Å². The van der Waals surface area contributed by atoms with E-state index in [2.05, 4.69) is 21.5 Å². The third-order valence-electron chi connectivity index (χ3n) is 3.50. The van der Waals surface area contributed by atoms with Crippen LogP contribution in [0.15, 0.2) is 0 Å². The number of methoxy groups -OCH3 is 1. The zero-order chi connectivity index (χ0) is 14.4. The molecule has 20 heavy (non-hydrogen) atoms. The zero-order valence-corrected chi connectivity index (χ0v) is 11.8. The van der Waals surface area contributed by atoms with Crippen LogP contribution in [-0.2, 0) is 14.3 Å². The zero-order valence-electron chi connectivity index (χ0n) is 11.8. The first-order valence-electron chi connectivity index (χ1n) is 6.89. The Bertz CT molecular complexity index is 421. The molecular weight excluding hydrogens is 260 g/mol. The van der Waals surface area contributed by atoms with Crippen molar-refractivity contribution in [2.24, 2.45) is 0 Å². The van der Waals surface area contributed by atoms with Gasteiger partial charge in [-0.25, -0.2) is 4.79 Å². The average molecular weight is 280 g/mol. The second-order valence-corrected chi connectivity index (χ2v) is 5.01. The molecule has 0 saturated carbocycles. The molecule has 2 aliphatic rings. The van der Waals surface area contributed by atoms with Crippen molar-refractivity contribution in [3.05, 3.63) is 0 Å². The van der Waals surface area contributed by atoms with Gasteiger partial charge in [-0.15, -0.1) is 0 Å². The predicted octanol–water partition coefficient (Wildman–Crippen LogP) is 0.470. The number of amides is 1. The summed E-state index contributed by atoms with van der Waals surface area (Å²) in [6.07, 6.45) is 1.54. The largest absolute Gasteiger partial charge is 0.508 e. The van der Waals surface area contributed by atoms with Gasteiger partial charge in [0.2, 0.25) is 5.91 Å². The first kappa shape index (κ1) is 14.7. The van der Waals surface area contributed by atoms with E-state index in [0.717, 1.165) is 19.6 Å². The van der Waals surface area contributed by atoms with E-state index in [1.54, 1.807) is 4.90 Å². The van der Waals surface area contributed by atoms with Gasteiger partial charge in [0.1, 0.15) is 6.10 Å². The SMILES string of the molecule is COC(=O)O[C@H]1CC(=O)N(CC#CCN2CCCC2)C1. The number of nitrogens with zero attached hydrogens (tertiary/aromatic N) is 2. The third-order valence-corrected chi connectivity index (χ3v) is 3.50. The number of ether oxygens (including phenoxy) is 2. The first-order chi connectivity index (χ1) is 9.69. The molecule has 110 valence electrons. The Morgan fingerprint density at radius 2 is 2.00 bits per heavy atom. The van der Waals surface area contributed by atoms with Crippen molar-refractivity contribution in [2.75, 3.05) is 39.8 Å². The van der Waals surface area contributed by atoms with Gasteiger partial charge in [-0.1, -0.05) is 11.8 Å². The fourth-order valence-corrected chi connectivity index (χ4v) is 2.41. The minimum Gasteiger partial charge on any atom is -0.438 e. The first-order valence-corrected chi connectivity index (χ1v) is 6.89. The van der Waals surface area contributed by atoms with Crippen LogP contribution < -0.4 is 0 Å². The highest BCUT2D eigenvalue weighted by molar-refractivity contribution is 5.79. The van der Waals surface area contributed by atoms with Crippen LogP contribution in [0.2, 0.25) is 0 Å². The molecule has 2 saturated heterocycles. The Morgan fingerprint density at radius 1 is 1.30 bits per heavy atom. The standard InChI is InChI=1S/C14H20N2O4/c1-19-14(18)20-12-10-13(17)16(11-12)9-5-4-8-15-6-2-3-7-15/h12H,2-3,6-11H2,1H3/t12-/m0/s1. The Labute approximate surface area is 119 Å². The quantitative estimate of drug-likeness (QED) is 0.555. The van der Waals surface area contributed by atoms with E-state index in [1.807, 2.05) is 0 Å². The Hall–Kier alpha value is -1.74. The Morgan fingerprint density at radius 3 is 2.70 bits per heavy atom. The van der Waals surface area contributed by atoms with E-state index in [1.165, 1.54) is 20.0 Å². The molecule has 0 aromatic heterocycles. The maximum Gasteiger partial charge on any atom is 0.508 e.